The number of nitrogens with zero attached hydrogens (tertiary/aromatic N) is 2. The van der Waals surface area contributed by atoms with Crippen LogP contribution in [0.4, 0.5) is 5.82 Å². The third-order valence-electron chi connectivity index (χ3n) is 2.35. The molecule has 6 heteroatoms. The summed E-state index contributed by atoms with van der Waals surface area (Å²) >= 11 is 0. The summed E-state index contributed by atoms with van der Waals surface area (Å²) in [5, 5.41) is 8.74. The molecule has 0 aliphatic rings. The summed E-state index contributed by atoms with van der Waals surface area (Å²) < 4.78 is 4.93. The molecule has 0 bridgehead atoms. The van der Waals surface area contributed by atoms with E-state index in [0.717, 1.165) is 6.26 Å². The van der Waals surface area contributed by atoms with E-state index in [1.54, 1.807) is 24.4 Å². The van der Waals surface area contributed by atoms with Crippen LogP contribution in [0.2, 0.25) is 0 Å². The molecule has 1 amide bonds. The van der Waals surface area contributed by atoms with E-state index in [4.69, 9.17) is 9.52 Å². The van der Waals surface area contributed by atoms with E-state index < -0.39 is 11.9 Å². The van der Waals surface area contributed by atoms with Crippen LogP contribution in [0.15, 0.2) is 41.1 Å². The molecule has 2 aromatic rings. The second-order valence-corrected chi connectivity index (χ2v) is 3.56. The van der Waals surface area contributed by atoms with E-state index in [9.17, 15) is 9.59 Å². The number of carboxylic acids is 1. The predicted octanol–water partition coefficient (Wildman–Crippen LogP) is 1.65. The van der Waals surface area contributed by atoms with E-state index in [1.165, 1.54) is 18.0 Å². The highest BCUT2D eigenvalue weighted by atomic mass is 16.4. The molecule has 0 aliphatic carbocycles. The van der Waals surface area contributed by atoms with Crippen molar-refractivity contribution in [3.63, 3.8) is 0 Å². The van der Waals surface area contributed by atoms with Crippen LogP contribution in [0.1, 0.15) is 20.9 Å². The van der Waals surface area contributed by atoms with Gasteiger partial charge in [-0.2, -0.15) is 0 Å². The molecule has 0 saturated carbocycles. The average molecular weight is 246 g/mol. The van der Waals surface area contributed by atoms with E-state index in [1.807, 2.05) is 0 Å². The third-order valence-corrected chi connectivity index (χ3v) is 2.35. The number of carboxylic acid groups (broad SMARTS) is 1. The molecule has 1 N–H and O–H groups in total. The molecule has 2 rings (SSSR count). The first-order valence-electron chi connectivity index (χ1n) is 5.10. The zero-order chi connectivity index (χ0) is 13.1. The Hall–Kier alpha value is -2.63. The lowest BCUT2D eigenvalue weighted by atomic mass is 10.3. The maximum atomic E-state index is 12.0. The highest BCUT2D eigenvalue weighted by Gasteiger charge is 2.19. The first-order valence-corrected chi connectivity index (χ1v) is 5.10. The van der Waals surface area contributed by atoms with Gasteiger partial charge in [-0.05, 0) is 12.1 Å². The fourth-order valence-electron chi connectivity index (χ4n) is 1.38. The molecule has 2 aromatic heterocycles. The third kappa shape index (κ3) is 2.22. The smallest absolute Gasteiger partial charge is 0.338 e. The zero-order valence-electron chi connectivity index (χ0n) is 9.53. The summed E-state index contributed by atoms with van der Waals surface area (Å²) in [5.41, 5.74) is -0.0622. The van der Waals surface area contributed by atoms with Crippen molar-refractivity contribution in [2.24, 2.45) is 0 Å². The maximum Gasteiger partial charge on any atom is 0.338 e. The molecule has 0 saturated heterocycles. The second-order valence-electron chi connectivity index (χ2n) is 3.56. The summed E-state index contributed by atoms with van der Waals surface area (Å²) in [6.45, 7) is 0. The van der Waals surface area contributed by atoms with Crippen molar-refractivity contribution in [2.45, 2.75) is 0 Å². The summed E-state index contributed by atoms with van der Waals surface area (Å²) in [6, 6.07) is 6.33. The van der Waals surface area contributed by atoms with Crippen LogP contribution in [0, 0.1) is 0 Å². The first kappa shape index (κ1) is 11.8. The summed E-state index contributed by atoms with van der Waals surface area (Å²) in [6.07, 6.45) is 2.59. The van der Waals surface area contributed by atoms with Crippen LogP contribution in [0.5, 0.6) is 0 Å². The van der Waals surface area contributed by atoms with Crippen LogP contribution in [0.25, 0.3) is 0 Å². The van der Waals surface area contributed by atoms with Crippen LogP contribution in [-0.2, 0) is 0 Å². The first-order chi connectivity index (χ1) is 8.59. The summed E-state index contributed by atoms with van der Waals surface area (Å²) in [7, 11) is 1.54. The van der Waals surface area contributed by atoms with Crippen molar-refractivity contribution in [3.05, 3.63) is 48.0 Å². The summed E-state index contributed by atoms with van der Waals surface area (Å²) in [5.74, 6) is -1.18. The lowest BCUT2D eigenvalue weighted by Gasteiger charge is -2.13. The molecular weight excluding hydrogens is 236 g/mol. The zero-order valence-corrected chi connectivity index (χ0v) is 9.53. The van der Waals surface area contributed by atoms with Gasteiger partial charge < -0.3 is 9.52 Å². The van der Waals surface area contributed by atoms with Crippen LogP contribution < -0.4 is 4.90 Å². The van der Waals surface area contributed by atoms with E-state index >= 15 is 0 Å². The van der Waals surface area contributed by atoms with Crippen LogP contribution in [-0.4, -0.2) is 29.0 Å². The van der Waals surface area contributed by atoms with Crippen LogP contribution >= 0.6 is 0 Å². The number of carbonyl (C=O) groups excluding carboxylic acids is 1. The van der Waals surface area contributed by atoms with Gasteiger partial charge in [-0.25, -0.2) is 9.78 Å². The standard InChI is InChI=1S/C12H10N2O4/c1-14(10-4-2-3-5-13-10)11(15)9-6-8(7-18-9)12(16)17/h2-7H,1H3,(H,16,17). The minimum absolute atomic E-state index is 0.0412. The summed E-state index contributed by atoms with van der Waals surface area (Å²) in [4.78, 5) is 28.0. The van der Waals surface area contributed by atoms with Gasteiger partial charge >= 0.3 is 5.97 Å². The number of hydrogen-bond acceptors (Lipinski definition) is 4. The number of rotatable bonds is 3. The highest BCUT2D eigenvalue weighted by Crippen LogP contribution is 2.14. The molecule has 2 heterocycles. The molecule has 0 aromatic carbocycles. The number of anilines is 1. The van der Waals surface area contributed by atoms with Gasteiger partial charge in [0.15, 0.2) is 5.76 Å². The molecule has 0 unspecified atom stereocenters. The minimum atomic E-state index is -1.14. The molecule has 0 fully saturated rings. The lowest BCUT2D eigenvalue weighted by molar-refractivity contribution is 0.0696. The Morgan fingerprint density at radius 1 is 1.39 bits per heavy atom. The number of furan rings is 1. The van der Waals surface area contributed by atoms with Gasteiger partial charge in [0, 0.05) is 19.3 Å². The van der Waals surface area contributed by atoms with Gasteiger partial charge in [-0.15, -0.1) is 0 Å². The average Bonchev–Trinajstić information content (AvgIpc) is 2.88. The Labute approximate surface area is 102 Å². The fourth-order valence-corrected chi connectivity index (χ4v) is 1.38. The maximum absolute atomic E-state index is 12.0. The Morgan fingerprint density at radius 2 is 2.17 bits per heavy atom. The van der Waals surface area contributed by atoms with Crippen molar-refractivity contribution < 1.29 is 19.1 Å². The monoisotopic (exact) mass is 246 g/mol. The number of hydrogen-bond donors (Lipinski definition) is 1. The normalized spacial score (nSPS) is 10.1. The van der Waals surface area contributed by atoms with E-state index in [2.05, 4.69) is 4.98 Å². The van der Waals surface area contributed by atoms with Crippen molar-refractivity contribution >= 4 is 17.7 Å². The van der Waals surface area contributed by atoms with E-state index in [-0.39, 0.29) is 11.3 Å². The minimum Gasteiger partial charge on any atom is -0.478 e. The van der Waals surface area contributed by atoms with Gasteiger partial charge in [0.2, 0.25) is 0 Å². The predicted molar refractivity (Wildman–Crippen MR) is 62.6 cm³/mol. The van der Waals surface area contributed by atoms with Gasteiger partial charge in [-0.3, -0.25) is 9.69 Å². The van der Waals surface area contributed by atoms with Crippen molar-refractivity contribution in [1.29, 1.82) is 0 Å². The Balaban J connectivity index is 2.23. The number of carbonyl (C=O) groups is 2. The SMILES string of the molecule is CN(C(=O)c1cc(C(=O)O)co1)c1ccccn1. The fraction of sp³-hybridized carbons (Fsp3) is 0.0833. The molecule has 6 nitrogen and oxygen atoms in total. The van der Waals surface area contributed by atoms with Crippen molar-refractivity contribution in [2.75, 3.05) is 11.9 Å². The second kappa shape index (κ2) is 4.70. The topological polar surface area (TPSA) is 83.6 Å². The van der Waals surface area contributed by atoms with Gasteiger partial charge in [-0.1, -0.05) is 6.07 Å². The lowest BCUT2D eigenvalue weighted by Crippen LogP contribution is -2.26. The quantitative estimate of drug-likeness (QED) is 0.890. The number of aromatic carboxylic acids is 1. The van der Waals surface area contributed by atoms with Gasteiger partial charge in [0.25, 0.3) is 5.91 Å². The Kier molecular flexibility index (Phi) is 3.09. The Bertz CT molecular complexity index is 577. The largest absolute Gasteiger partial charge is 0.478 e. The molecule has 0 radical (unpaired) electrons. The van der Waals surface area contributed by atoms with Gasteiger partial charge in [0.1, 0.15) is 12.1 Å². The number of pyridine rings is 1. The molecule has 0 atom stereocenters. The van der Waals surface area contributed by atoms with Gasteiger partial charge in [0.05, 0.1) is 5.56 Å². The van der Waals surface area contributed by atoms with Crippen molar-refractivity contribution in [1.82, 2.24) is 4.98 Å². The molecule has 92 valence electrons. The Morgan fingerprint density at radius 3 is 2.72 bits per heavy atom. The molecule has 18 heavy (non-hydrogen) atoms. The number of aromatic nitrogens is 1. The molecule has 0 spiro atoms. The molecule has 0 aliphatic heterocycles. The van der Waals surface area contributed by atoms with Crippen molar-refractivity contribution in [3.8, 4) is 0 Å². The highest BCUT2D eigenvalue weighted by molar-refractivity contribution is 6.04. The number of amides is 1. The van der Waals surface area contributed by atoms with E-state index in [0.29, 0.717) is 5.82 Å². The molecular formula is C12H10N2O4. The van der Waals surface area contributed by atoms with Crippen LogP contribution in [0.3, 0.4) is 0 Å².